The number of morpholine rings is 2. The first-order valence-corrected chi connectivity index (χ1v) is 30.5. The quantitative estimate of drug-likeness (QED) is 0.116. The van der Waals surface area contributed by atoms with Crippen molar-refractivity contribution in [1.82, 2.24) is 50.4 Å². The Morgan fingerprint density at radius 3 is 1.51 bits per heavy atom. The molecule has 9 heterocycles. The molecule has 85 heavy (non-hydrogen) atoms. The van der Waals surface area contributed by atoms with Crippen LogP contribution < -0.4 is 36.9 Å². The van der Waals surface area contributed by atoms with Gasteiger partial charge in [-0.1, -0.05) is 52.0 Å². The van der Waals surface area contributed by atoms with Gasteiger partial charge in [0.1, 0.15) is 23.8 Å². The van der Waals surface area contributed by atoms with Crippen molar-refractivity contribution in [3.63, 3.8) is 0 Å². The molecule has 2 aromatic carbocycles. The maximum atomic E-state index is 14.4. The second-order valence-electron chi connectivity index (χ2n) is 26.2. The van der Waals surface area contributed by atoms with Crippen molar-refractivity contribution in [3.05, 3.63) is 127 Å². The van der Waals surface area contributed by atoms with E-state index in [1.165, 1.54) is 24.3 Å². The van der Waals surface area contributed by atoms with Gasteiger partial charge >= 0.3 is 0 Å². The first-order valence-electron chi connectivity index (χ1n) is 30.5. The number of rotatable bonds is 15. The summed E-state index contributed by atoms with van der Waals surface area (Å²) in [6.07, 6.45) is 0.507. The van der Waals surface area contributed by atoms with Crippen LogP contribution in [0, 0.1) is 11.6 Å². The molecule has 0 unspecified atom stereocenters. The Bertz CT molecular complexity index is 3220. The predicted octanol–water partition coefficient (Wildman–Crippen LogP) is 2.31. The number of halogens is 2. The number of ether oxygens (including phenoxy) is 2. The van der Waals surface area contributed by atoms with E-state index < -0.39 is 23.0 Å². The van der Waals surface area contributed by atoms with Gasteiger partial charge in [0.15, 0.2) is 0 Å². The lowest BCUT2D eigenvalue weighted by atomic mass is 9.91. The zero-order chi connectivity index (χ0) is 59.9. The Hall–Kier alpha value is -6.24. The number of amides is 4. The van der Waals surface area contributed by atoms with Gasteiger partial charge in [0.05, 0.1) is 37.7 Å². The number of carbonyl (C=O) groups is 4. The molecule has 5 N–H and O–H groups in total. The van der Waals surface area contributed by atoms with Crippen LogP contribution in [0.25, 0.3) is 0 Å². The van der Waals surface area contributed by atoms with E-state index in [2.05, 4.69) is 59.4 Å². The highest BCUT2D eigenvalue weighted by Gasteiger charge is 2.44. The van der Waals surface area contributed by atoms with Crippen LogP contribution in [0.5, 0.6) is 0 Å². The summed E-state index contributed by atoms with van der Waals surface area (Å²) >= 11 is 0. The summed E-state index contributed by atoms with van der Waals surface area (Å²) in [6, 6.07) is 16.0. The molecule has 0 spiro atoms. The van der Waals surface area contributed by atoms with Crippen LogP contribution >= 0.6 is 0 Å². The monoisotopic (exact) mass is 1170 g/mol. The van der Waals surface area contributed by atoms with Gasteiger partial charge in [0.25, 0.3) is 22.9 Å². The van der Waals surface area contributed by atoms with E-state index in [-0.39, 0.29) is 89.7 Å². The zero-order valence-corrected chi connectivity index (χ0v) is 50.0. The molecule has 0 radical (unpaired) electrons. The lowest BCUT2D eigenvalue weighted by Gasteiger charge is -2.43. The van der Waals surface area contributed by atoms with E-state index in [1.54, 1.807) is 34.1 Å². The molecule has 5 saturated heterocycles. The minimum absolute atomic E-state index is 0.00759. The Labute approximate surface area is 495 Å². The number of aromatic amines is 2. The number of nitrogens with zero attached hydrogens (tertiary/aromatic N) is 7. The summed E-state index contributed by atoms with van der Waals surface area (Å²) in [5, 5.41) is 10.4. The normalized spacial score (nSPS) is 25.9. The van der Waals surface area contributed by atoms with E-state index in [0.717, 1.165) is 22.5 Å². The fraction of sp³-hybridized carbons (Fsp3) is 0.587. The van der Waals surface area contributed by atoms with Crippen LogP contribution in [0.4, 0.5) is 20.2 Å². The average molecular weight is 1180 g/mol. The van der Waals surface area contributed by atoms with Crippen LogP contribution in [-0.2, 0) is 52.3 Å². The number of hydrogen-bond acceptors (Lipinski definition) is 14. The van der Waals surface area contributed by atoms with E-state index in [9.17, 15) is 37.5 Å². The third kappa shape index (κ3) is 13.8. The number of aromatic nitrogens is 2. The molecule has 0 aliphatic carbocycles. The molecule has 22 heteroatoms. The van der Waals surface area contributed by atoms with Crippen LogP contribution in [0.1, 0.15) is 88.0 Å². The van der Waals surface area contributed by atoms with Gasteiger partial charge in [0.2, 0.25) is 11.8 Å². The molecule has 458 valence electrons. The number of piperazine rings is 2. The average Bonchev–Trinajstić information content (AvgIpc) is 1.80. The summed E-state index contributed by atoms with van der Waals surface area (Å²) in [5.41, 5.74) is 4.10. The number of anilines is 2. The Morgan fingerprint density at radius 2 is 1.05 bits per heavy atom. The number of hydrogen-bond donors (Lipinski definition) is 5. The number of nitrogens with one attached hydrogen (secondary N) is 5. The second-order valence-corrected chi connectivity index (χ2v) is 26.2. The highest BCUT2D eigenvalue weighted by molar-refractivity contribution is 5.98. The molecule has 2 aromatic heterocycles. The molecule has 0 saturated carbocycles. The van der Waals surface area contributed by atoms with Crippen molar-refractivity contribution in [2.75, 3.05) is 128 Å². The van der Waals surface area contributed by atoms with Crippen molar-refractivity contribution < 1.29 is 37.4 Å². The summed E-state index contributed by atoms with van der Waals surface area (Å²) in [4.78, 5) is 104. The topological polar surface area (TPSA) is 211 Å². The lowest BCUT2D eigenvalue weighted by Crippen LogP contribution is -2.62. The third-order valence-electron chi connectivity index (χ3n) is 18.5. The fourth-order valence-corrected chi connectivity index (χ4v) is 13.8. The van der Waals surface area contributed by atoms with E-state index in [1.807, 2.05) is 44.7 Å². The number of likely N-dealkylation sites (tertiary alicyclic amines) is 1. The van der Waals surface area contributed by atoms with Crippen LogP contribution in [-0.4, -0.2) is 218 Å². The lowest BCUT2D eigenvalue weighted by molar-refractivity contribution is -0.151. The number of fused-ring (bicyclic) bond motifs is 2. The van der Waals surface area contributed by atoms with Gasteiger partial charge in [-0.05, 0) is 74.2 Å². The number of pyridine rings is 2. The third-order valence-corrected chi connectivity index (χ3v) is 18.5. The minimum Gasteiger partial charge on any atom is -0.366 e. The number of carbonyl (C=O) groups excluding carboxylic acids is 4. The Morgan fingerprint density at radius 1 is 0.612 bits per heavy atom. The predicted molar refractivity (Wildman–Crippen MR) is 319 cm³/mol. The van der Waals surface area contributed by atoms with Crippen molar-refractivity contribution in [2.45, 2.75) is 120 Å². The van der Waals surface area contributed by atoms with Crippen molar-refractivity contribution in [3.8, 4) is 0 Å². The standard InChI is InChI=1S/C63H84F2N12O8/c1-39-29-74(35-54(78)76-37-62(3,4)56-50(76)25-43(58(80)69-56)23-41-7-11-45(64)12-8-41)48(27-66-39)31-71-19-21-84-52(33-71)60(82)68-47-15-17-73(18-16-47)61(83)53-34-72(20-22-85-53)32-49-28-67-40(2)30-75(49)36-55(79)77-38-63(5,6)57-51(77)26-44(59(81)70-57)24-42-9-13-46(65)14-10-42/h7-14,25-26,39-40,47-49,52-53,66-67H,15-24,27-38H2,1-6H3,(H,68,82)(H,69,80)(H,70,81)/t39-,40-,48-,49-,52+,53+/m1/s1. The highest BCUT2D eigenvalue weighted by atomic mass is 19.1. The summed E-state index contributed by atoms with van der Waals surface area (Å²) in [5.74, 6) is -1.03. The molecule has 7 aliphatic rings. The first kappa shape index (κ1) is 60.4. The van der Waals surface area contributed by atoms with Gasteiger partial charge < -0.3 is 50.1 Å². The minimum atomic E-state index is -0.670. The van der Waals surface area contributed by atoms with Gasteiger partial charge in [-0.15, -0.1) is 0 Å². The zero-order valence-electron chi connectivity index (χ0n) is 50.0. The summed E-state index contributed by atoms with van der Waals surface area (Å²) in [6.45, 7) is 21.4. The Kier molecular flexibility index (Phi) is 17.9. The molecule has 0 bridgehead atoms. The van der Waals surface area contributed by atoms with Gasteiger partial charge in [-0.3, -0.25) is 48.4 Å². The van der Waals surface area contributed by atoms with Gasteiger partial charge in [0, 0.05) is 168 Å². The molecule has 11 rings (SSSR count). The SMILES string of the molecule is C[C@@H]1CN(CC(=O)N2CC(C)(C)c3[nH]c(=O)c(Cc4ccc(F)cc4)cc32)[C@@H](CN2CCO[C@H](C(=O)NC3CCN(C(=O)[C@@H]4CN(C[C@H]5CN[C@H](C)CN5CC(=O)N5CC(C)(C)c6[nH]c(=O)c(Cc7ccc(F)cc7)cc65)CCO4)CC3)C2)CN1. The molecule has 5 fully saturated rings. The van der Waals surface area contributed by atoms with Gasteiger partial charge in [-0.2, -0.15) is 0 Å². The van der Waals surface area contributed by atoms with Gasteiger partial charge in [-0.25, -0.2) is 8.78 Å². The van der Waals surface area contributed by atoms with Crippen molar-refractivity contribution >= 4 is 35.0 Å². The summed E-state index contributed by atoms with van der Waals surface area (Å²) in [7, 11) is 0. The maximum Gasteiger partial charge on any atom is 0.253 e. The van der Waals surface area contributed by atoms with E-state index in [4.69, 9.17) is 9.47 Å². The van der Waals surface area contributed by atoms with Crippen molar-refractivity contribution in [2.24, 2.45) is 0 Å². The van der Waals surface area contributed by atoms with Crippen LogP contribution in [0.3, 0.4) is 0 Å². The molecular weight excluding hydrogens is 1090 g/mol. The Balaban J connectivity index is 0.646. The van der Waals surface area contributed by atoms with E-state index >= 15 is 0 Å². The largest absolute Gasteiger partial charge is 0.366 e. The molecular formula is C63H84F2N12O8. The first-order chi connectivity index (χ1) is 40.6. The van der Waals surface area contributed by atoms with E-state index in [0.29, 0.717) is 153 Å². The van der Waals surface area contributed by atoms with Crippen LogP contribution in [0.2, 0.25) is 0 Å². The molecule has 7 aliphatic heterocycles. The highest BCUT2D eigenvalue weighted by Crippen LogP contribution is 2.41. The van der Waals surface area contributed by atoms with Crippen molar-refractivity contribution in [1.29, 1.82) is 0 Å². The molecule has 20 nitrogen and oxygen atoms in total. The number of benzene rings is 2. The fourth-order valence-electron chi connectivity index (χ4n) is 13.8. The maximum absolute atomic E-state index is 14.4. The molecule has 4 aromatic rings. The number of H-pyrrole nitrogens is 2. The summed E-state index contributed by atoms with van der Waals surface area (Å²) < 4.78 is 39.6. The van der Waals surface area contributed by atoms with Crippen LogP contribution in [0.15, 0.2) is 70.3 Å². The second kappa shape index (κ2) is 25.2. The molecule has 4 amide bonds. The number of piperidine rings is 1. The molecule has 6 atom stereocenters. The smallest absolute Gasteiger partial charge is 0.253 e.